The summed E-state index contributed by atoms with van der Waals surface area (Å²) >= 11 is 0. The predicted octanol–water partition coefficient (Wildman–Crippen LogP) is 0.792. The van der Waals surface area contributed by atoms with Crippen molar-refractivity contribution in [3.8, 4) is 0 Å². The van der Waals surface area contributed by atoms with Crippen LogP contribution in [-0.4, -0.2) is 27.6 Å². The van der Waals surface area contributed by atoms with Gasteiger partial charge in [0.2, 0.25) is 0 Å². The van der Waals surface area contributed by atoms with Gasteiger partial charge in [-0.25, -0.2) is 0 Å². The van der Waals surface area contributed by atoms with Crippen LogP contribution in [0.3, 0.4) is 0 Å². The molecule has 6 heteroatoms. The fourth-order valence-corrected chi connectivity index (χ4v) is 1.91. The molecule has 0 saturated heterocycles. The van der Waals surface area contributed by atoms with Crippen LogP contribution in [0.5, 0.6) is 0 Å². The van der Waals surface area contributed by atoms with Crippen LogP contribution < -0.4 is 10.5 Å². The van der Waals surface area contributed by atoms with Crippen LogP contribution in [-0.2, 0) is 11.3 Å². The molecule has 1 aromatic heterocycles. The maximum absolute atomic E-state index is 12.1. The summed E-state index contributed by atoms with van der Waals surface area (Å²) in [4.78, 5) is 24.4. The summed E-state index contributed by atoms with van der Waals surface area (Å²) in [6.07, 6.45) is 1.94. The highest BCUT2D eigenvalue weighted by Crippen LogP contribution is 2.08. The molecule has 0 saturated carbocycles. The van der Waals surface area contributed by atoms with Gasteiger partial charge in [-0.05, 0) is 24.6 Å². The predicted molar refractivity (Wildman–Crippen MR) is 75.6 cm³/mol. The van der Waals surface area contributed by atoms with Gasteiger partial charge >= 0.3 is 0 Å². The number of hydrogen-bond acceptors (Lipinski definition) is 3. The molecule has 6 nitrogen and oxygen atoms in total. The maximum Gasteiger partial charge on any atom is 0.261 e. The summed E-state index contributed by atoms with van der Waals surface area (Å²) in [6.45, 7) is 1.63. The van der Waals surface area contributed by atoms with Gasteiger partial charge in [0, 0.05) is 18.9 Å². The number of hydrogen-bond donors (Lipinski definition) is 1. The quantitative estimate of drug-likeness (QED) is 0.883. The molecule has 1 aromatic carbocycles. The normalized spacial score (nSPS) is 11.7. The van der Waals surface area contributed by atoms with Gasteiger partial charge in [0.05, 0.1) is 0 Å². The van der Waals surface area contributed by atoms with E-state index in [9.17, 15) is 14.7 Å². The summed E-state index contributed by atoms with van der Waals surface area (Å²) in [5.74, 6) is -0.425. The molecule has 0 aliphatic carbocycles. The molecule has 1 atom stereocenters. The van der Waals surface area contributed by atoms with Crippen molar-refractivity contribution < 1.29 is 14.7 Å². The number of amides is 2. The standard InChI is InChI=1S/C15H17N3O3/c1-12(14(19)16-17-9-5-6-10-17)18(15(20)21)11-13-7-3-2-4-8-13/h2-10,12H,11H2,1H3,(H,16,19)(H,20,21)/p-1. The van der Waals surface area contributed by atoms with E-state index >= 15 is 0 Å². The minimum Gasteiger partial charge on any atom is -0.530 e. The Morgan fingerprint density at radius 1 is 1.19 bits per heavy atom. The summed E-state index contributed by atoms with van der Waals surface area (Å²) in [5, 5.41) is 11.3. The third-order valence-corrected chi connectivity index (χ3v) is 3.12. The molecule has 1 heterocycles. The summed E-state index contributed by atoms with van der Waals surface area (Å²) in [6, 6.07) is 11.7. The Bertz CT molecular complexity index is 596. The van der Waals surface area contributed by atoms with Crippen LogP contribution in [0.2, 0.25) is 0 Å². The summed E-state index contributed by atoms with van der Waals surface area (Å²) in [7, 11) is 0. The second kappa shape index (κ2) is 6.60. The van der Waals surface area contributed by atoms with Crippen LogP contribution in [0.15, 0.2) is 54.9 Å². The number of carbonyl (C=O) groups excluding carboxylic acids is 2. The first kappa shape index (κ1) is 14.6. The van der Waals surface area contributed by atoms with Crippen molar-refractivity contribution in [1.82, 2.24) is 9.58 Å². The first-order valence-corrected chi connectivity index (χ1v) is 6.53. The molecule has 2 aromatic rings. The van der Waals surface area contributed by atoms with E-state index in [-0.39, 0.29) is 6.54 Å². The van der Waals surface area contributed by atoms with Crippen LogP contribution >= 0.6 is 0 Å². The fraction of sp³-hybridized carbons (Fsp3) is 0.200. The van der Waals surface area contributed by atoms with Crippen molar-refractivity contribution >= 4 is 12.0 Å². The van der Waals surface area contributed by atoms with E-state index in [1.807, 2.05) is 18.2 Å². The Morgan fingerprint density at radius 2 is 1.81 bits per heavy atom. The Morgan fingerprint density at radius 3 is 2.38 bits per heavy atom. The van der Waals surface area contributed by atoms with Crippen molar-refractivity contribution in [3.05, 3.63) is 60.4 Å². The highest BCUT2D eigenvalue weighted by molar-refractivity contribution is 5.90. The Hall–Kier alpha value is -2.76. The third kappa shape index (κ3) is 3.85. The van der Waals surface area contributed by atoms with Crippen molar-refractivity contribution in [3.63, 3.8) is 0 Å². The Balaban J connectivity index is 2.06. The molecule has 0 aliphatic rings. The lowest BCUT2D eigenvalue weighted by Gasteiger charge is -2.30. The van der Waals surface area contributed by atoms with E-state index in [2.05, 4.69) is 5.43 Å². The third-order valence-electron chi connectivity index (χ3n) is 3.12. The first-order valence-electron chi connectivity index (χ1n) is 6.53. The molecule has 21 heavy (non-hydrogen) atoms. The highest BCUT2D eigenvalue weighted by atomic mass is 16.4. The molecule has 1 unspecified atom stereocenters. The number of aromatic nitrogens is 1. The minimum atomic E-state index is -1.38. The lowest BCUT2D eigenvalue weighted by Crippen LogP contribution is -2.51. The van der Waals surface area contributed by atoms with Crippen molar-refractivity contribution in [1.29, 1.82) is 0 Å². The monoisotopic (exact) mass is 286 g/mol. The maximum atomic E-state index is 12.1. The van der Waals surface area contributed by atoms with Crippen LogP contribution in [0.25, 0.3) is 0 Å². The van der Waals surface area contributed by atoms with Gasteiger partial charge in [0.1, 0.15) is 12.1 Å². The average Bonchev–Trinajstić information content (AvgIpc) is 2.97. The number of carboxylic acid groups (broad SMARTS) is 1. The van der Waals surface area contributed by atoms with Crippen LogP contribution in [0, 0.1) is 0 Å². The number of nitrogens with zero attached hydrogens (tertiary/aromatic N) is 2. The summed E-state index contributed by atoms with van der Waals surface area (Å²) < 4.78 is 1.47. The van der Waals surface area contributed by atoms with E-state index < -0.39 is 18.0 Å². The number of rotatable bonds is 5. The molecule has 0 radical (unpaired) electrons. The molecule has 0 bridgehead atoms. The topological polar surface area (TPSA) is 77.4 Å². The van der Waals surface area contributed by atoms with Gasteiger partial charge < -0.3 is 14.8 Å². The SMILES string of the molecule is CC(C(=O)Nn1cccc1)N(Cc1ccccc1)C(=O)[O-]. The molecule has 0 aliphatic heterocycles. The highest BCUT2D eigenvalue weighted by Gasteiger charge is 2.21. The fourth-order valence-electron chi connectivity index (χ4n) is 1.91. The lowest BCUT2D eigenvalue weighted by atomic mass is 10.2. The molecule has 0 spiro atoms. The van der Waals surface area contributed by atoms with Crippen LogP contribution in [0.1, 0.15) is 12.5 Å². The molecule has 2 amide bonds. The van der Waals surface area contributed by atoms with Gasteiger partial charge in [-0.2, -0.15) is 0 Å². The zero-order chi connectivity index (χ0) is 15.2. The number of nitrogens with one attached hydrogen (secondary N) is 1. The lowest BCUT2D eigenvalue weighted by molar-refractivity contribution is -0.268. The van der Waals surface area contributed by atoms with Gasteiger partial charge in [0.15, 0.2) is 0 Å². The van der Waals surface area contributed by atoms with E-state index in [0.717, 1.165) is 10.5 Å². The van der Waals surface area contributed by atoms with E-state index in [1.165, 1.54) is 11.6 Å². The van der Waals surface area contributed by atoms with Crippen molar-refractivity contribution in [2.75, 3.05) is 5.43 Å². The van der Waals surface area contributed by atoms with E-state index in [0.29, 0.717) is 0 Å². The van der Waals surface area contributed by atoms with Crippen LogP contribution in [0.4, 0.5) is 4.79 Å². The molecule has 1 N–H and O–H groups in total. The number of carbonyl (C=O) groups is 2. The molecule has 0 fully saturated rings. The number of benzene rings is 1. The van der Waals surface area contributed by atoms with Gasteiger partial charge in [-0.15, -0.1) is 0 Å². The average molecular weight is 286 g/mol. The van der Waals surface area contributed by atoms with Crippen molar-refractivity contribution in [2.45, 2.75) is 19.5 Å². The Kier molecular flexibility index (Phi) is 4.61. The summed E-state index contributed by atoms with van der Waals surface area (Å²) in [5.41, 5.74) is 3.38. The minimum absolute atomic E-state index is 0.101. The zero-order valence-electron chi connectivity index (χ0n) is 11.6. The van der Waals surface area contributed by atoms with E-state index in [1.54, 1.807) is 36.7 Å². The van der Waals surface area contributed by atoms with E-state index in [4.69, 9.17) is 0 Å². The van der Waals surface area contributed by atoms with Crippen molar-refractivity contribution in [2.24, 2.45) is 0 Å². The second-order valence-corrected chi connectivity index (χ2v) is 4.62. The Labute approximate surface area is 122 Å². The molecule has 110 valence electrons. The molecule has 2 rings (SSSR count). The smallest absolute Gasteiger partial charge is 0.261 e. The van der Waals surface area contributed by atoms with Gasteiger partial charge in [-0.1, -0.05) is 30.3 Å². The van der Waals surface area contributed by atoms with Gasteiger partial charge in [-0.3, -0.25) is 14.9 Å². The van der Waals surface area contributed by atoms with Gasteiger partial charge in [0.25, 0.3) is 5.91 Å². The molecular weight excluding hydrogens is 270 g/mol. The first-order chi connectivity index (χ1) is 10.1. The zero-order valence-corrected chi connectivity index (χ0v) is 11.6. The second-order valence-electron chi connectivity index (χ2n) is 4.62. The molecular formula is C15H16N3O3-. The largest absolute Gasteiger partial charge is 0.530 e.